The number of hydrogen-bond donors (Lipinski definition) is 0. The van der Waals surface area contributed by atoms with Crippen molar-refractivity contribution in [2.45, 2.75) is 99.3 Å². The highest BCUT2D eigenvalue weighted by Crippen LogP contribution is 2.49. The van der Waals surface area contributed by atoms with Gasteiger partial charge in [0.2, 0.25) is 0 Å². The van der Waals surface area contributed by atoms with Gasteiger partial charge in [-0.1, -0.05) is 234 Å². The summed E-state index contributed by atoms with van der Waals surface area (Å²) in [6.45, 7) is 17.3. The van der Waals surface area contributed by atoms with E-state index in [1.807, 2.05) is 0 Å². The normalized spacial score (nSPS) is 12.5. The molecule has 1 fully saturated rings. The topological polar surface area (TPSA) is 16.2 Å². The Balaban J connectivity index is 0.635. The highest BCUT2D eigenvalue weighted by molar-refractivity contribution is 5.85. The molecule has 1 aliphatic rings. The molecule has 0 spiro atoms. The van der Waals surface area contributed by atoms with Crippen molar-refractivity contribution in [1.29, 1.82) is 0 Å². The maximum atomic E-state index is 2.44. The molecule has 5 nitrogen and oxygen atoms in total. The van der Waals surface area contributed by atoms with Gasteiger partial charge in [0.25, 0.3) is 0 Å². The van der Waals surface area contributed by atoms with Crippen LogP contribution in [0.2, 0.25) is 0 Å². The molecule has 110 heavy (non-hydrogen) atoms. The van der Waals surface area contributed by atoms with Gasteiger partial charge in [-0.2, -0.15) is 0 Å². The van der Waals surface area contributed by atoms with Crippen molar-refractivity contribution >= 4 is 85.3 Å². The fourth-order valence-electron chi connectivity index (χ4n) is 16.0. The van der Waals surface area contributed by atoms with Gasteiger partial charge in [0.15, 0.2) is 0 Å². The molecule has 0 heterocycles. The van der Waals surface area contributed by atoms with E-state index in [9.17, 15) is 0 Å². The van der Waals surface area contributed by atoms with Crippen LogP contribution in [0.5, 0.6) is 0 Å². The summed E-state index contributed by atoms with van der Waals surface area (Å²) in [5.74, 6) is 0. The summed E-state index contributed by atoms with van der Waals surface area (Å²) in [6, 6.07) is 133. The maximum Gasteiger partial charge on any atom is 0.0464 e. The molecule has 15 aromatic carbocycles. The third-order valence-electron chi connectivity index (χ3n) is 22.5. The second-order valence-corrected chi connectivity index (χ2v) is 30.4. The molecule has 1 aliphatic carbocycles. The standard InChI is InChI=1S/C105H95N5/c1-74-12-41-90(42-13-74)106(91-43-14-75(2)15-44-91)98-58-29-83(30-59-98)85-33-62-100(63-34-85)109(95-51-22-79(6)23-52-95)101-64-35-86(36-65-101)84-31-60-99(61-32-84)108(94-49-20-78(5)21-50-94)97-56-27-82(28-57-97)72-87-73-104(55-26-81(87)8)110(96-53-24-80(7)25-54-96)103-68-39-89(40-69-103)105(70-10-9-11-71-105)88-37-66-102(67-38-88)107(92-45-16-76(3)17-46-92)93-47-18-77(4)19-48-93/h12-69,73H,9-11,70-72H2,1-8H3. The van der Waals surface area contributed by atoms with Crippen LogP contribution in [0, 0.1) is 55.4 Å². The van der Waals surface area contributed by atoms with Crippen LogP contribution in [0.1, 0.15) is 98.9 Å². The van der Waals surface area contributed by atoms with E-state index in [1.165, 1.54) is 86.0 Å². The van der Waals surface area contributed by atoms with Crippen molar-refractivity contribution in [3.63, 3.8) is 0 Å². The molecule has 0 N–H and O–H groups in total. The monoisotopic (exact) mass is 1430 g/mol. The van der Waals surface area contributed by atoms with E-state index in [1.54, 1.807) is 0 Å². The molecule has 0 saturated heterocycles. The lowest BCUT2D eigenvalue weighted by Gasteiger charge is -2.39. The molecule has 0 unspecified atom stereocenters. The molecule has 0 atom stereocenters. The predicted octanol–water partition coefficient (Wildman–Crippen LogP) is 29.7. The lowest BCUT2D eigenvalue weighted by molar-refractivity contribution is 0.346. The van der Waals surface area contributed by atoms with E-state index in [4.69, 9.17) is 0 Å². The average molecular weight is 1430 g/mol. The fourth-order valence-corrected chi connectivity index (χ4v) is 16.0. The first-order valence-corrected chi connectivity index (χ1v) is 39.0. The lowest BCUT2D eigenvalue weighted by Crippen LogP contribution is -2.30. The smallest absolute Gasteiger partial charge is 0.0464 e. The van der Waals surface area contributed by atoms with E-state index >= 15 is 0 Å². The Kier molecular flexibility index (Phi) is 20.6. The van der Waals surface area contributed by atoms with Crippen molar-refractivity contribution in [1.82, 2.24) is 0 Å². The van der Waals surface area contributed by atoms with Gasteiger partial charge in [-0.25, -0.2) is 0 Å². The quantitative estimate of drug-likeness (QED) is 0.0711. The molecule has 0 amide bonds. The van der Waals surface area contributed by atoms with E-state index in [0.717, 1.165) is 127 Å². The zero-order valence-electron chi connectivity index (χ0n) is 64.5. The minimum absolute atomic E-state index is 0.0807. The highest BCUT2D eigenvalue weighted by Gasteiger charge is 2.36. The van der Waals surface area contributed by atoms with Gasteiger partial charge in [-0.05, 0) is 307 Å². The minimum atomic E-state index is -0.0807. The molecule has 0 radical (unpaired) electrons. The maximum absolute atomic E-state index is 2.44. The molecular weight excluding hydrogens is 1330 g/mol. The van der Waals surface area contributed by atoms with Gasteiger partial charge >= 0.3 is 0 Å². The highest BCUT2D eigenvalue weighted by atomic mass is 15.2. The number of benzene rings is 15. The largest absolute Gasteiger partial charge is 0.311 e. The van der Waals surface area contributed by atoms with Crippen molar-refractivity contribution < 1.29 is 0 Å². The fraction of sp³-hybridized carbons (Fsp3) is 0.143. The van der Waals surface area contributed by atoms with Crippen LogP contribution in [0.25, 0.3) is 22.3 Å². The van der Waals surface area contributed by atoms with Crippen LogP contribution in [0.3, 0.4) is 0 Å². The summed E-state index contributed by atoms with van der Waals surface area (Å²) in [7, 11) is 0. The van der Waals surface area contributed by atoms with Crippen molar-refractivity contribution in [2.75, 3.05) is 24.5 Å². The number of hydrogen-bond acceptors (Lipinski definition) is 5. The summed E-state index contributed by atoms with van der Waals surface area (Å²) in [4.78, 5) is 11.9. The minimum Gasteiger partial charge on any atom is -0.311 e. The first-order chi connectivity index (χ1) is 53.7. The Labute approximate surface area is 651 Å². The van der Waals surface area contributed by atoms with Gasteiger partial charge in [-0.3, -0.25) is 0 Å². The second-order valence-electron chi connectivity index (χ2n) is 30.4. The van der Waals surface area contributed by atoms with Crippen molar-refractivity contribution in [3.8, 4) is 22.3 Å². The lowest BCUT2D eigenvalue weighted by atomic mass is 9.65. The average Bonchev–Trinajstić information content (AvgIpc) is 0.763. The summed E-state index contributed by atoms with van der Waals surface area (Å²) >= 11 is 0. The van der Waals surface area contributed by atoms with Gasteiger partial charge < -0.3 is 24.5 Å². The Morgan fingerprint density at radius 3 is 0.627 bits per heavy atom. The summed E-state index contributed by atoms with van der Waals surface area (Å²) in [5.41, 5.74) is 36.7. The zero-order valence-corrected chi connectivity index (χ0v) is 64.5. The first kappa shape index (κ1) is 71.5. The summed E-state index contributed by atoms with van der Waals surface area (Å²) in [5, 5.41) is 0. The van der Waals surface area contributed by atoms with Crippen LogP contribution < -0.4 is 24.5 Å². The molecule has 0 bridgehead atoms. The number of aryl methyl sites for hydroxylation is 8. The third kappa shape index (κ3) is 15.4. The van der Waals surface area contributed by atoms with E-state index in [-0.39, 0.29) is 5.41 Å². The van der Waals surface area contributed by atoms with E-state index in [0.29, 0.717) is 0 Å². The van der Waals surface area contributed by atoms with Gasteiger partial charge in [0, 0.05) is 90.7 Å². The summed E-state index contributed by atoms with van der Waals surface area (Å²) in [6.07, 6.45) is 6.74. The van der Waals surface area contributed by atoms with Crippen LogP contribution in [-0.2, 0) is 11.8 Å². The van der Waals surface area contributed by atoms with Crippen LogP contribution in [0.15, 0.2) is 358 Å². The van der Waals surface area contributed by atoms with Gasteiger partial charge in [-0.15, -0.1) is 0 Å². The van der Waals surface area contributed by atoms with Gasteiger partial charge in [0.05, 0.1) is 0 Å². The Bertz CT molecular complexity index is 5480. The number of anilines is 15. The SMILES string of the molecule is Cc1ccc(N(c2ccc(C)cc2)c2ccc(-c3ccc(N(c4ccc(C)cc4)c4ccc(-c5ccc(N(c6ccc(C)cc6)c6ccc(Cc7cc(N(c8ccc(C)cc8)c8ccc(C9(c%10ccc(N(c%11ccc(C)cc%11)c%11ccc(C)cc%11)cc%10)CCCCC9)cc8)ccc7C)cc6)cc5)cc4)cc3)cc2)cc1. The zero-order chi connectivity index (χ0) is 75.2. The number of rotatable bonds is 21. The molecule has 5 heteroatoms. The van der Waals surface area contributed by atoms with E-state index < -0.39 is 0 Å². The van der Waals surface area contributed by atoms with Crippen molar-refractivity contribution in [2.24, 2.45) is 0 Å². The van der Waals surface area contributed by atoms with Gasteiger partial charge in [0.1, 0.15) is 0 Å². The third-order valence-corrected chi connectivity index (χ3v) is 22.5. The Morgan fingerprint density at radius 1 is 0.200 bits per heavy atom. The van der Waals surface area contributed by atoms with E-state index in [2.05, 4.69) is 438 Å². The molecule has 1 saturated carbocycles. The predicted molar refractivity (Wildman–Crippen MR) is 468 cm³/mol. The van der Waals surface area contributed by atoms with Crippen LogP contribution >= 0.6 is 0 Å². The second kappa shape index (κ2) is 31.6. The molecule has 540 valence electrons. The Morgan fingerprint density at radius 2 is 0.391 bits per heavy atom. The van der Waals surface area contributed by atoms with Crippen molar-refractivity contribution in [3.05, 3.63) is 425 Å². The molecule has 0 aliphatic heterocycles. The molecular formula is C105H95N5. The number of nitrogens with zero attached hydrogens (tertiary/aromatic N) is 5. The molecule has 15 aromatic rings. The Hall–Kier alpha value is -12.7. The van der Waals surface area contributed by atoms with Crippen LogP contribution in [0.4, 0.5) is 85.3 Å². The molecule has 16 rings (SSSR count). The first-order valence-electron chi connectivity index (χ1n) is 39.0. The van der Waals surface area contributed by atoms with Crippen LogP contribution in [-0.4, -0.2) is 0 Å². The summed E-state index contributed by atoms with van der Waals surface area (Å²) < 4.78 is 0. The molecule has 0 aromatic heterocycles.